The Bertz CT molecular complexity index is 911. The number of hydrogen-bond acceptors (Lipinski definition) is 3. The van der Waals surface area contributed by atoms with Crippen LogP contribution in [0, 0.1) is 0 Å². The van der Waals surface area contributed by atoms with Gasteiger partial charge in [-0.05, 0) is 47.2 Å². The van der Waals surface area contributed by atoms with Crippen molar-refractivity contribution in [2.45, 2.75) is 11.3 Å². The first-order chi connectivity index (χ1) is 12.4. The number of carbonyl (C=O) groups is 1. The molecule has 0 atom stereocenters. The Hall–Kier alpha value is -2.67. The van der Waals surface area contributed by atoms with Crippen molar-refractivity contribution in [2.75, 3.05) is 11.1 Å². The lowest BCUT2D eigenvalue weighted by Crippen LogP contribution is -2.17. The van der Waals surface area contributed by atoms with Crippen LogP contribution in [0.3, 0.4) is 0 Å². The molecule has 0 aromatic heterocycles. The molecule has 26 heavy (non-hydrogen) atoms. The lowest BCUT2D eigenvalue weighted by Gasteiger charge is -2.10. The zero-order valence-corrected chi connectivity index (χ0v) is 14.2. The minimum absolute atomic E-state index is 0.194. The second-order valence-electron chi connectivity index (χ2n) is 5.42. The Labute approximate surface area is 152 Å². The molecule has 7 heteroatoms. The summed E-state index contributed by atoms with van der Waals surface area (Å²) in [6, 6.07) is 18.9. The molecule has 0 aliphatic heterocycles. The van der Waals surface area contributed by atoms with Crippen LogP contribution in [0.5, 0.6) is 5.75 Å². The van der Waals surface area contributed by atoms with E-state index in [9.17, 15) is 18.0 Å². The summed E-state index contributed by atoms with van der Waals surface area (Å²) < 4.78 is 40.1. The van der Waals surface area contributed by atoms with Gasteiger partial charge in [-0.3, -0.25) is 4.79 Å². The van der Waals surface area contributed by atoms with E-state index in [0.29, 0.717) is 5.69 Å². The number of fused-ring (bicyclic) bond motifs is 1. The molecule has 0 unspecified atom stereocenters. The van der Waals surface area contributed by atoms with E-state index >= 15 is 0 Å². The summed E-state index contributed by atoms with van der Waals surface area (Å²) >= 11 is 1.39. The van der Waals surface area contributed by atoms with Crippen molar-refractivity contribution in [3.63, 3.8) is 0 Å². The van der Waals surface area contributed by atoms with Gasteiger partial charge < -0.3 is 10.1 Å². The van der Waals surface area contributed by atoms with Gasteiger partial charge in [0.1, 0.15) is 5.75 Å². The van der Waals surface area contributed by atoms with E-state index in [0.717, 1.165) is 27.8 Å². The lowest BCUT2D eigenvalue weighted by molar-refractivity contribution is -0.274. The second-order valence-corrected chi connectivity index (χ2v) is 6.47. The van der Waals surface area contributed by atoms with Gasteiger partial charge in [0.25, 0.3) is 0 Å². The minimum atomic E-state index is -4.73. The molecule has 0 spiro atoms. The summed E-state index contributed by atoms with van der Waals surface area (Å²) in [6.45, 7) is 0. The van der Waals surface area contributed by atoms with Gasteiger partial charge in [0.05, 0.1) is 5.75 Å². The fourth-order valence-corrected chi connectivity index (χ4v) is 3.09. The van der Waals surface area contributed by atoms with Crippen molar-refractivity contribution in [1.29, 1.82) is 0 Å². The van der Waals surface area contributed by atoms with Crippen LogP contribution in [0.25, 0.3) is 10.8 Å². The number of anilines is 1. The van der Waals surface area contributed by atoms with Gasteiger partial charge >= 0.3 is 6.36 Å². The van der Waals surface area contributed by atoms with Gasteiger partial charge in [-0.15, -0.1) is 24.9 Å². The highest BCUT2D eigenvalue weighted by Gasteiger charge is 2.30. The fourth-order valence-electron chi connectivity index (χ4n) is 2.34. The van der Waals surface area contributed by atoms with Crippen molar-refractivity contribution in [1.82, 2.24) is 0 Å². The average Bonchev–Trinajstić information content (AvgIpc) is 2.60. The predicted octanol–water partition coefficient (Wildman–Crippen LogP) is 5.47. The molecule has 0 aliphatic rings. The van der Waals surface area contributed by atoms with E-state index in [-0.39, 0.29) is 17.4 Å². The zero-order valence-electron chi connectivity index (χ0n) is 13.4. The first kappa shape index (κ1) is 18.1. The monoisotopic (exact) mass is 377 g/mol. The molecule has 0 radical (unpaired) electrons. The molecule has 0 fully saturated rings. The molecule has 1 amide bonds. The molecular weight excluding hydrogens is 363 g/mol. The largest absolute Gasteiger partial charge is 0.573 e. The van der Waals surface area contributed by atoms with Gasteiger partial charge in [-0.25, -0.2) is 0 Å². The SMILES string of the molecule is O=C(CSc1ccc2ccccc2c1)Nc1ccc(OC(F)(F)F)cc1. The molecular formula is C19H14F3NO2S. The molecule has 1 N–H and O–H groups in total. The maximum Gasteiger partial charge on any atom is 0.573 e. The summed E-state index contributed by atoms with van der Waals surface area (Å²) in [5.41, 5.74) is 0.406. The van der Waals surface area contributed by atoms with E-state index in [1.54, 1.807) is 0 Å². The van der Waals surface area contributed by atoms with Crippen molar-refractivity contribution in [3.8, 4) is 5.75 Å². The van der Waals surface area contributed by atoms with E-state index < -0.39 is 6.36 Å². The summed E-state index contributed by atoms with van der Waals surface area (Å²) in [5, 5.41) is 4.87. The molecule has 134 valence electrons. The first-order valence-electron chi connectivity index (χ1n) is 7.66. The molecule has 0 saturated heterocycles. The minimum Gasteiger partial charge on any atom is -0.406 e. The first-order valence-corrected chi connectivity index (χ1v) is 8.65. The molecule has 3 rings (SSSR count). The highest BCUT2D eigenvalue weighted by Crippen LogP contribution is 2.25. The third-order valence-corrected chi connectivity index (χ3v) is 4.46. The number of halogens is 3. The summed E-state index contributed by atoms with van der Waals surface area (Å²) in [7, 11) is 0. The highest BCUT2D eigenvalue weighted by molar-refractivity contribution is 8.00. The molecule has 3 aromatic rings. The van der Waals surface area contributed by atoms with Gasteiger partial charge in [0, 0.05) is 10.6 Å². The van der Waals surface area contributed by atoms with Gasteiger partial charge in [0.2, 0.25) is 5.91 Å². The van der Waals surface area contributed by atoms with Crippen LogP contribution < -0.4 is 10.1 Å². The molecule has 3 nitrogen and oxygen atoms in total. The van der Waals surface area contributed by atoms with E-state index in [1.807, 2.05) is 42.5 Å². The smallest absolute Gasteiger partial charge is 0.406 e. The quantitative estimate of drug-likeness (QED) is 0.599. The zero-order chi connectivity index (χ0) is 18.6. The molecule has 0 heterocycles. The number of rotatable bonds is 5. The van der Waals surface area contributed by atoms with Gasteiger partial charge in [0.15, 0.2) is 0 Å². The van der Waals surface area contributed by atoms with Crippen molar-refractivity contribution < 1.29 is 22.7 Å². The normalized spacial score (nSPS) is 11.3. The van der Waals surface area contributed by atoms with Crippen molar-refractivity contribution in [3.05, 3.63) is 66.7 Å². The summed E-state index contributed by atoms with van der Waals surface area (Å²) in [6.07, 6.45) is -4.73. The number of benzene rings is 3. The van der Waals surface area contributed by atoms with E-state index in [4.69, 9.17) is 0 Å². The van der Waals surface area contributed by atoms with Crippen LogP contribution in [-0.2, 0) is 4.79 Å². The Morgan fingerprint density at radius 3 is 2.35 bits per heavy atom. The Morgan fingerprint density at radius 2 is 1.65 bits per heavy atom. The Kier molecular flexibility index (Phi) is 5.37. The highest BCUT2D eigenvalue weighted by atomic mass is 32.2. The van der Waals surface area contributed by atoms with Gasteiger partial charge in [-0.2, -0.15) is 0 Å². The summed E-state index contributed by atoms with van der Waals surface area (Å²) in [5.74, 6) is -0.382. The van der Waals surface area contributed by atoms with Crippen LogP contribution in [0.15, 0.2) is 71.6 Å². The van der Waals surface area contributed by atoms with Crippen LogP contribution >= 0.6 is 11.8 Å². The third kappa shape index (κ3) is 5.16. The van der Waals surface area contributed by atoms with Crippen LogP contribution in [0.1, 0.15) is 0 Å². The van der Waals surface area contributed by atoms with Crippen molar-refractivity contribution >= 4 is 34.1 Å². The van der Waals surface area contributed by atoms with E-state index in [1.165, 1.54) is 23.9 Å². The molecule has 0 saturated carbocycles. The van der Waals surface area contributed by atoms with Gasteiger partial charge in [-0.1, -0.05) is 30.3 Å². The number of ether oxygens (including phenoxy) is 1. The number of thioether (sulfide) groups is 1. The fraction of sp³-hybridized carbons (Fsp3) is 0.105. The van der Waals surface area contributed by atoms with Crippen LogP contribution in [-0.4, -0.2) is 18.0 Å². The molecule has 0 aliphatic carbocycles. The number of amides is 1. The standard InChI is InChI=1S/C19H14F3NO2S/c20-19(21,22)25-16-8-6-15(7-9-16)23-18(24)12-26-17-10-5-13-3-1-2-4-14(13)11-17/h1-11H,12H2,(H,23,24). The average molecular weight is 377 g/mol. The predicted molar refractivity (Wildman–Crippen MR) is 96.4 cm³/mol. The summed E-state index contributed by atoms with van der Waals surface area (Å²) in [4.78, 5) is 13.0. The van der Waals surface area contributed by atoms with Crippen LogP contribution in [0.2, 0.25) is 0 Å². The van der Waals surface area contributed by atoms with E-state index in [2.05, 4.69) is 10.1 Å². The van der Waals surface area contributed by atoms with Crippen LogP contribution in [0.4, 0.5) is 18.9 Å². The maximum atomic E-state index is 12.1. The topological polar surface area (TPSA) is 38.3 Å². The Morgan fingerprint density at radius 1 is 0.962 bits per heavy atom. The molecule has 0 bridgehead atoms. The Balaban J connectivity index is 1.55. The number of carbonyl (C=O) groups excluding carboxylic acids is 1. The number of hydrogen-bond donors (Lipinski definition) is 1. The third-order valence-electron chi connectivity index (χ3n) is 3.46. The van der Waals surface area contributed by atoms with Crippen molar-refractivity contribution in [2.24, 2.45) is 0 Å². The maximum absolute atomic E-state index is 12.1. The second kappa shape index (κ2) is 7.70. The number of nitrogens with one attached hydrogen (secondary N) is 1. The molecule has 3 aromatic carbocycles. The lowest BCUT2D eigenvalue weighted by atomic mass is 10.1. The number of alkyl halides is 3.